The molecule has 1 N–H and O–H groups in total. The molecule has 0 unspecified atom stereocenters. The Morgan fingerprint density at radius 3 is 2.11 bits per heavy atom. The van der Waals surface area contributed by atoms with Gasteiger partial charge in [-0.2, -0.15) is 0 Å². The minimum atomic E-state index is 0.0695. The third-order valence-electron chi connectivity index (χ3n) is 5.44. The number of hydrogen-bond donors (Lipinski definition) is 1. The molecule has 0 bridgehead atoms. The van der Waals surface area contributed by atoms with Gasteiger partial charge in [0.1, 0.15) is 5.75 Å². The van der Waals surface area contributed by atoms with E-state index in [1.54, 1.807) is 6.07 Å². The maximum Gasteiger partial charge on any atom is 0.120 e. The Bertz CT molecular complexity index is 890. The highest BCUT2D eigenvalue weighted by molar-refractivity contribution is 6.30. The van der Waals surface area contributed by atoms with E-state index in [1.807, 2.05) is 36.4 Å². The SMILES string of the molecule is Oc1ccccc1[C@H](c1ccccc1)N1CCN(Cc2ccc(Cl)cc2)CC1. The van der Waals surface area contributed by atoms with Crippen LogP contribution in [0, 0.1) is 0 Å². The van der Waals surface area contributed by atoms with Gasteiger partial charge in [-0.15, -0.1) is 0 Å². The summed E-state index contributed by atoms with van der Waals surface area (Å²) in [6.45, 7) is 4.86. The number of benzene rings is 3. The lowest BCUT2D eigenvalue weighted by Gasteiger charge is -2.40. The summed E-state index contributed by atoms with van der Waals surface area (Å²) in [7, 11) is 0. The fraction of sp³-hybridized carbons (Fsp3) is 0.250. The molecule has 4 heteroatoms. The van der Waals surface area contributed by atoms with Crippen molar-refractivity contribution in [2.75, 3.05) is 26.2 Å². The number of aromatic hydroxyl groups is 1. The molecule has 1 aliphatic heterocycles. The summed E-state index contributed by atoms with van der Waals surface area (Å²) in [6, 6.07) is 26.4. The monoisotopic (exact) mass is 392 g/mol. The van der Waals surface area contributed by atoms with Crippen LogP contribution in [-0.2, 0) is 6.54 Å². The van der Waals surface area contributed by atoms with Crippen LogP contribution in [0.5, 0.6) is 5.75 Å². The van der Waals surface area contributed by atoms with Crippen molar-refractivity contribution in [2.24, 2.45) is 0 Å². The summed E-state index contributed by atoms with van der Waals surface area (Å²) in [6.07, 6.45) is 0. The van der Waals surface area contributed by atoms with Crippen molar-refractivity contribution < 1.29 is 5.11 Å². The van der Waals surface area contributed by atoms with E-state index < -0.39 is 0 Å². The predicted octanol–water partition coefficient (Wildman–Crippen LogP) is 4.95. The van der Waals surface area contributed by atoms with Crippen molar-refractivity contribution in [3.8, 4) is 5.75 Å². The highest BCUT2D eigenvalue weighted by Crippen LogP contribution is 2.34. The summed E-state index contributed by atoms with van der Waals surface area (Å²) in [4.78, 5) is 4.95. The normalized spacial score (nSPS) is 16.8. The van der Waals surface area contributed by atoms with Crippen molar-refractivity contribution in [2.45, 2.75) is 12.6 Å². The Kier molecular flexibility index (Phi) is 5.96. The average molecular weight is 393 g/mol. The fourth-order valence-electron chi connectivity index (χ4n) is 3.97. The molecule has 1 atom stereocenters. The molecular formula is C24H25ClN2O. The van der Waals surface area contributed by atoms with Gasteiger partial charge in [-0.25, -0.2) is 0 Å². The third kappa shape index (κ3) is 4.39. The third-order valence-corrected chi connectivity index (χ3v) is 5.69. The highest BCUT2D eigenvalue weighted by atomic mass is 35.5. The predicted molar refractivity (Wildman–Crippen MR) is 115 cm³/mol. The van der Waals surface area contributed by atoms with Crippen LogP contribution in [0.1, 0.15) is 22.7 Å². The van der Waals surface area contributed by atoms with Crippen LogP contribution in [0.15, 0.2) is 78.9 Å². The number of hydrogen-bond acceptors (Lipinski definition) is 3. The standard InChI is InChI=1S/C24H25ClN2O/c25-21-12-10-19(11-13-21)18-26-14-16-27(17-15-26)24(20-6-2-1-3-7-20)22-8-4-5-9-23(22)28/h1-13,24,28H,14-18H2/t24-/m0/s1. The summed E-state index contributed by atoms with van der Waals surface area (Å²) >= 11 is 6.00. The number of para-hydroxylation sites is 1. The lowest BCUT2D eigenvalue weighted by Crippen LogP contribution is -2.47. The number of piperazine rings is 1. The second-order valence-electron chi connectivity index (χ2n) is 7.31. The zero-order chi connectivity index (χ0) is 19.3. The Morgan fingerprint density at radius 2 is 1.43 bits per heavy atom. The van der Waals surface area contributed by atoms with E-state index in [0.717, 1.165) is 43.3 Å². The van der Waals surface area contributed by atoms with Gasteiger partial charge in [0.2, 0.25) is 0 Å². The van der Waals surface area contributed by atoms with Crippen molar-refractivity contribution >= 4 is 11.6 Å². The number of phenols is 1. The van der Waals surface area contributed by atoms with E-state index >= 15 is 0 Å². The van der Waals surface area contributed by atoms with Crippen LogP contribution in [0.4, 0.5) is 0 Å². The van der Waals surface area contributed by atoms with Crippen LogP contribution < -0.4 is 0 Å². The van der Waals surface area contributed by atoms with Crippen LogP contribution >= 0.6 is 11.6 Å². The number of rotatable bonds is 5. The number of phenolic OH excluding ortho intramolecular Hbond substituents is 1. The van der Waals surface area contributed by atoms with Gasteiger partial charge in [0.15, 0.2) is 0 Å². The van der Waals surface area contributed by atoms with Crippen LogP contribution in [-0.4, -0.2) is 41.1 Å². The Hall–Kier alpha value is -2.33. The molecule has 1 heterocycles. The Balaban J connectivity index is 1.50. The van der Waals surface area contributed by atoms with Crippen molar-refractivity contribution in [1.29, 1.82) is 0 Å². The molecule has 0 amide bonds. The first-order valence-corrected chi connectivity index (χ1v) is 10.1. The zero-order valence-corrected chi connectivity index (χ0v) is 16.6. The van der Waals surface area contributed by atoms with E-state index in [4.69, 9.17) is 11.6 Å². The Morgan fingerprint density at radius 1 is 0.786 bits per heavy atom. The van der Waals surface area contributed by atoms with Gasteiger partial charge < -0.3 is 5.11 Å². The topological polar surface area (TPSA) is 26.7 Å². The van der Waals surface area contributed by atoms with Crippen molar-refractivity contribution in [3.63, 3.8) is 0 Å². The summed E-state index contributed by atoms with van der Waals surface area (Å²) in [5.41, 5.74) is 3.48. The molecule has 28 heavy (non-hydrogen) atoms. The highest BCUT2D eigenvalue weighted by Gasteiger charge is 2.27. The average Bonchev–Trinajstić information content (AvgIpc) is 2.73. The smallest absolute Gasteiger partial charge is 0.120 e. The van der Waals surface area contributed by atoms with Crippen LogP contribution in [0.2, 0.25) is 5.02 Å². The molecule has 0 aromatic heterocycles. The summed E-state index contributed by atoms with van der Waals surface area (Å²) in [5, 5.41) is 11.3. The molecule has 4 rings (SSSR count). The van der Waals surface area contributed by atoms with Crippen molar-refractivity contribution in [1.82, 2.24) is 9.80 Å². The molecular weight excluding hydrogens is 368 g/mol. The van der Waals surface area contributed by atoms with Gasteiger partial charge >= 0.3 is 0 Å². The molecule has 0 spiro atoms. The molecule has 3 aromatic carbocycles. The minimum Gasteiger partial charge on any atom is -0.508 e. The second kappa shape index (κ2) is 8.78. The Labute approximate surface area is 171 Å². The minimum absolute atomic E-state index is 0.0695. The van der Waals surface area contributed by atoms with Gasteiger partial charge in [0.25, 0.3) is 0 Å². The summed E-state index contributed by atoms with van der Waals surface area (Å²) < 4.78 is 0. The first kappa shape index (κ1) is 19.0. The maximum atomic E-state index is 10.5. The molecule has 1 aliphatic rings. The second-order valence-corrected chi connectivity index (χ2v) is 7.75. The lowest BCUT2D eigenvalue weighted by atomic mass is 9.95. The first-order valence-electron chi connectivity index (χ1n) is 9.74. The maximum absolute atomic E-state index is 10.5. The van der Waals surface area contributed by atoms with E-state index in [0.29, 0.717) is 5.75 Å². The van der Waals surface area contributed by atoms with Gasteiger partial charge in [-0.05, 0) is 29.3 Å². The number of nitrogens with zero attached hydrogens (tertiary/aromatic N) is 2. The molecule has 0 aliphatic carbocycles. The molecule has 1 fully saturated rings. The van der Waals surface area contributed by atoms with Gasteiger partial charge in [-0.1, -0.05) is 72.3 Å². The van der Waals surface area contributed by atoms with Crippen LogP contribution in [0.25, 0.3) is 0 Å². The van der Waals surface area contributed by atoms with Gasteiger partial charge in [0, 0.05) is 43.3 Å². The molecule has 3 nitrogen and oxygen atoms in total. The van der Waals surface area contributed by atoms with Crippen LogP contribution in [0.3, 0.4) is 0 Å². The first-order chi connectivity index (χ1) is 13.7. The van der Waals surface area contributed by atoms with Gasteiger partial charge in [0.05, 0.1) is 6.04 Å². The number of halogens is 1. The quantitative estimate of drug-likeness (QED) is 0.665. The summed E-state index contributed by atoms with van der Waals surface area (Å²) in [5.74, 6) is 0.361. The molecule has 3 aromatic rings. The van der Waals surface area contributed by atoms with E-state index in [9.17, 15) is 5.11 Å². The van der Waals surface area contributed by atoms with E-state index in [2.05, 4.69) is 46.2 Å². The van der Waals surface area contributed by atoms with E-state index in [-0.39, 0.29) is 6.04 Å². The molecule has 0 radical (unpaired) electrons. The largest absolute Gasteiger partial charge is 0.508 e. The molecule has 0 saturated carbocycles. The lowest BCUT2D eigenvalue weighted by molar-refractivity contribution is 0.104. The molecule has 144 valence electrons. The van der Waals surface area contributed by atoms with E-state index in [1.165, 1.54) is 11.1 Å². The fourth-order valence-corrected chi connectivity index (χ4v) is 4.09. The molecule has 1 saturated heterocycles. The zero-order valence-electron chi connectivity index (χ0n) is 15.8. The van der Waals surface area contributed by atoms with Gasteiger partial charge in [-0.3, -0.25) is 9.80 Å². The van der Waals surface area contributed by atoms with Crippen molar-refractivity contribution in [3.05, 3.63) is 101 Å².